The van der Waals surface area contributed by atoms with Crippen molar-refractivity contribution in [2.24, 2.45) is 0 Å². The third-order valence-electron chi connectivity index (χ3n) is 5.43. The van der Waals surface area contributed by atoms with Crippen molar-refractivity contribution in [3.8, 4) is 0 Å². The number of rotatable bonds is 5. The van der Waals surface area contributed by atoms with E-state index in [1.165, 1.54) is 30.5 Å². The Kier molecular flexibility index (Phi) is 5.19. The fourth-order valence-electron chi connectivity index (χ4n) is 3.87. The van der Waals surface area contributed by atoms with Crippen LogP contribution in [0.1, 0.15) is 18.4 Å². The molecule has 2 aromatic carbocycles. The Morgan fingerprint density at radius 1 is 1.32 bits per heavy atom. The highest BCUT2D eigenvalue weighted by Gasteiger charge is 2.23. The lowest BCUT2D eigenvalue weighted by atomic mass is 10.0. The van der Waals surface area contributed by atoms with Crippen molar-refractivity contribution in [2.75, 3.05) is 18.9 Å². The second-order valence-corrected chi connectivity index (χ2v) is 7.98. The fraction of sp³-hybridized carbons (Fsp3) is 0.300. The van der Waals surface area contributed by atoms with Crippen LogP contribution in [0.4, 0.5) is 17.1 Å². The fourth-order valence-corrected chi connectivity index (χ4v) is 4.24. The van der Waals surface area contributed by atoms with Crippen molar-refractivity contribution in [1.82, 2.24) is 9.88 Å². The standard InChI is InChI=1S/C20H20Cl2N4O2/c1-25-8-2-3-14(25)9-12-11-23-17-6-4-13(10-15(12)17)24-20-18(26(27)28)7-5-16(21)19(20)22/h4-7,10-11,14,23-24H,2-3,8-9H2,1H3/t14-/m1/s1. The molecule has 3 aromatic rings. The second-order valence-electron chi connectivity index (χ2n) is 7.19. The first-order valence-corrected chi connectivity index (χ1v) is 9.89. The van der Waals surface area contributed by atoms with Gasteiger partial charge >= 0.3 is 0 Å². The van der Waals surface area contributed by atoms with Crippen molar-refractivity contribution in [2.45, 2.75) is 25.3 Å². The first kappa shape index (κ1) is 19.1. The number of hydrogen-bond acceptors (Lipinski definition) is 4. The zero-order valence-electron chi connectivity index (χ0n) is 15.3. The smallest absolute Gasteiger partial charge is 0.294 e. The van der Waals surface area contributed by atoms with Crippen molar-refractivity contribution >= 4 is 51.2 Å². The third-order valence-corrected chi connectivity index (χ3v) is 6.24. The molecule has 0 radical (unpaired) electrons. The Hall–Kier alpha value is -2.28. The van der Waals surface area contributed by atoms with E-state index >= 15 is 0 Å². The van der Waals surface area contributed by atoms with Crippen molar-refractivity contribution in [3.63, 3.8) is 0 Å². The summed E-state index contributed by atoms with van der Waals surface area (Å²) in [5.74, 6) is 0. The van der Waals surface area contributed by atoms with E-state index in [4.69, 9.17) is 23.2 Å². The summed E-state index contributed by atoms with van der Waals surface area (Å²) in [5.41, 5.74) is 3.08. The molecule has 0 aliphatic carbocycles. The Balaban J connectivity index is 1.68. The number of aromatic amines is 1. The number of nitrogens with one attached hydrogen (secondary N) is 2. The first-order valence-electron chi connectivity index (χ1n) is 9.13. The van der Waals surface area contributed by atoms with E-state index in [1.54, 1.807) is 0 Å². The van der Waals surface area contributed by atoms with Crippen molar-refractivity contribution in [1.29, 1.82) is 0 Å². The maximum absolute atomic E-state index is 11.4. The van der Waals surface area contributed by atoms with Crippen molar-refractivity contribution in [3.05, 3.63) is 62.3 Å². The minimum absolute atomic E-state index is 0.114. The average molecular weight is 419 g/mol. The molecule has 2 N–H and O–H groups in total. The lowest BCUT2D eigenvalue weighted by Gasteiger charge is -2.18. The van der Waals surface area contributed by atoms with Gasteiger partial charge in [0, 0.05) is 34.9 Å². The number of nitro benzene ring substituents is 1. The number of nitro groups is 1. The summed E-state index contributed by atoms with van der Waals surface area (Å²) in [5, 5.41) is 16.0. The normalized spacial score (nSPS) is 17.3. The first-order chi connectivity index (χ1) is 13.4. The molecule has 1 saturated heterocycles. The van der Waals surface area contributed by atoms with E-state index in [-0.39, 0.29) is 21.4 Å². The molecule has 0 spiro atoms. The average Bonchev–Trinajstić information content (AvgIpc) is 3.25. The molecule has 0 bridgehead atoms. The predicted octanol–water partition coefficient (Wildman–Crippen LogP) is 5.76. The molecule has 1 aromatic heterocycles. The second kappa shape index (κ2) is 7.62. The Bertz CT molecular complexity index is 1050. The number of aromatic nitrogens is 1. The highest BCUT2D eigenvalue weighted by molar-refractivity contribution is 6.44. The SMILES string of the molecule is CN1CCC[C@@H]1Cc1c[nH]c2ccc(Nc3c([N+](=O)[O-])ccc(Cl)c3Cl)cc12. The van der Waals surface area contributed by atoms with Crippen LogP contribution >= 0.6 is 23.2 Å². The Labute approximate surface area is 172 Å². The number of likely N-dealkylation sites (tertiary alicyclic amines) is 1. The molecular weight excluding hydrogens is 399 g/mol. The molecule has 6 nitrogen and oxygen atoms in total. The van der Waals surface area contributed by atoms with Crippen LogP contribution in [0, 0.1) is 10.1 Å². The quantitative estimate of drug-likeness (QED) is 0.407. The molecule has 8 heteroatoms. The maximum atomic E-state index is 11.4. The summed E-state index contributed by atoms with van der Waals surface area (Å²) >= 11 is 12.3. The van der Waals surface area contributed by atoms with Gasteiger partial charge in [0.25, 0.3) is 5.69 Å². The molecule has 146 valence electrons. The number of hydrogen-bond donors (Lipinski definition) is 2. The van der Waals surface area contributed by atoms with Gasteiger partial charge in [0.05, 0.1) is 15.0 Å². The molecule has 1 aliphatic heterocycles. The summed E-state index contributed by atoms with van der Waals surface area (Å²) < 4.78 is 0. The van der Waals surface area contributed by atoms with Gasteiger partial charge in [0.15, 0.2) is 0 Å². The summed E-state index contributed by atoms with van der Waals surface area (Å²) in [6.45, 7) is 1.14. The molecule has 4 rings (SSSR count). The van der Waals surface area contributed by atoms with Gasteiger partial charge in [-0.3, -0.25) is 10.1 Å². The molecule has 1 fully saturated rings. The summed E-state index contributed by atoms with van der Waals surface area (Å²) in [7, 11) is 2.17. The van der Waals surface area contributed by atoms with Crippen LogP contribution in [-0.4, -0.2) is 34.4 Å². The Morgan fingerprint density at radius 3 is 2.86 bits per heavy atom. The summed E-state index contributed by atoms with van der Waals surface area (Å²) in [4.78, 5) is 16.6. The number of fused-ring (bicyclic) bond motifs is 1. The van der Waals surface area contributed by atoms with Crippen LogP contribution in [-0.2, 0) is 6.42 Å². The van der Waals surface area contributed by atoms with Crippen molar-refractivity contribution < 1.29 is 4.92 Å². The minimum atomic E-state index is -0.472. The van der Waals surface area contributed by atoms with Crippen LogP contribution < -0.4 is 5.32 Å². The zero-order chi connectivity index (χ0) is 19.8. The molecule has 1 aliphatic rings. The number of anilines is 2. The number of likely N-dealkylation sites (N-methyl/N-ethyl adjacent to an activating group) is 1. The van der Waals surface area contributed by atoms with Gasteiger partial charge in [-0.05, 0) is 62.7 Å². The van der Waals surface area contributed by atoms with E-state index in [9.17, 15) is 10.1 Å². The summed E-state index contributed by atoms with van der Waals surface area (Å²) in [6, 6.07) is 9.15. The molecule has 1 atom stereocenters. The minimum Gasteiger partial charge on any atom is -0.361 e. The molecule has 0 amide bonds. The largest absolute Gasteiger partial charge is 0.361 e. The topological polar surface area (TPSA) is 74.2 Å². The van der Waals surface area contributed by atoms with Gasteiger partial charge in [-0.2, -0.15) is 0 Å². The van der Waals surface area contributed by atoms with Gasteiger partial charge in [-0.15, -0.1) is 0 Å². The Morgan fingerprint density at radius 2 is 2.14 bits per heavy atom. The summed E-state index contributed by atoms with van der Waals surface area (Å²) in [6.07, 6.45) is 5.45. The zero-order valence-corrected chi connectivity index (χ0v) is 16.8. The van der Waals surface area contributed by atoms with Crippen LogP contribution in [0.2, 0.25) is 10.0 Å². The number of H-pyrrole nitrogens is 1. The molecule has 0 saturated carbocycles. The van der Waals surface area contributed by atoms with Gasteiger partial charge in [-0.25, -0.2) is 0 Å². The van der Waals surface area contributed by atoms with Gasteiger partial charge in [0.2, 0.25) is 0 Å². The van der Waals surface area contributed by atoms with Crippen LogP contribution in [0.15, 0.2) is 36.5 Å². The molecule has 2 heterocycles. The van der Waals surface area contributed by atoms with Gasteiger partial charge in [-0.1, -0.05) is 23.2 Å². The molecular formula is C20H20Cl2N4O2. The van der Waals surface area contributed by atoms with Crippen LogP contribution in [0.3, 0.4) is 0 Å². The predicted molar refractivity (Wildman–Crippen MR) is 114 cm³/mol. The third kappa shape index (κ3) is 3.55. The van der Waals surface area contributed by atoms with E-state index in [0.717, 1.165) is 29.6 Å². The van der Waals surface area contributed by atoms with E-state index in [2.05, 4.69) is 28.4 Å². The van der Waals surface area contributed by atoms with Gasteiger partial charge < -0.3 is 15.2 Å². The van der Waals surface area contributed by atoms with E-state index < -0.39 is 4.92 Å². The van der Waals surface area contributed by atoms with Crippen LogP contribution in [0.25, 0.3) is 10.9 Å². The molecule has 0 unspecified atom stereocenters. The van der Waals surface area contributed by atoms with Gasteiger partial charge in [0.1, 0.15) is 5.69 Å². The van der Waals surface area contributed by atoms with Crippen LogP contribution in [0.5, 0.6) is 0 Å². The number of benzene rings is 2. The maximum Gasteiger partial charge on any atom is 0.294 e. The highest BCUT2D eigenvalue weighted by Crippen LogP contribution is 2.39. The van der Waals surface area contributed by atoms with E-state index in [0.29, 0.717) is 6.04 Å². The number of nitrogens with zero attached hydrogens (tertiary/aromatic N) is 2. The highest BCUT2D eigenvalue weighted by atomic mass is 35.5. The molecule has 28 heavy (non-hydrogen) atoms. The monoisotopic (exact) mass is 418 g/mol. The van der Waals surface area contributed by atoms with E-state index in [1.807, 2.05) is 18.2 Å². The lowest BCUT2D eigenvalue weighted by molar-refractivity contribution is -0.383. The number of halogens is 2. The lowest BCUT2D eigenvalue weighted by Crippen LogP contribution is -2.26.